The predicted molar refractivity (Wildman–Crippen MR) is 243 cm³/mol. The quantitative estimate of drug-likeness (QED) is 0.106. The summed E-state index contributed by atoms with van der Waals surface area (Å²) in [7, 11) is 6.17. The molecular weight excluding hydrogens is 823 g/mol. The van der Waals surface area contributed by atoms with E-state index in [2.05, 4.69) is 21.3 Å². The fourth-order valence-corrected chi connectivity index (χ4v) is 8.42. The van der Waals surface area contributed by atoms with E-state index >= 15 is 0 Å². The van der Waals surface area contributed by atoms with Gasteiger partial charge in [0.1, 0.15) is 12.6 Å². The molecule has 0 aliphatic carbocycles. The van der Waals surface area contributed by atoms with Crippen molar-refractivity contribution < 1.29 is 47.8 Å². The van der Waals surface area contributed by atoms with Gasteiger partial charge in [0.15, 0.2) is 0 Å². The first-order valence-corrected chi connectivity index (χ1v) is 22.2. The molecule has 354 valence electrons. The summed E-state index contributed by atoms with van der Waals surface area (Å²) < 4.78 is 17.4. The summed E-state index contributed by atoms with van der Waals surface area (Å²) >= 11 is 0. The number of carbonyl (C=O) groups excluding carboxylic acids is 7. The molecule has 8 atom stereocenters. The third kappa shape index (κ3) is 15.3. The Balaban J connectivity index is 1.61. The van der Waals surface area contributed by atoms with Crippen molar-refractivity contribution in [3.8, 4) is 0 Å². The number of benzene rings is 2. The largest absolute Gasteiger partial charge is 0.445 e. The van der Waals surface area contributed by atoms with Gasteiger partial charge in [-0.05, 0) is 61.3 Å². The first kappa shape index (κ1) is 52.8. The second-order valence-corrected chi connectivity index (χ2v) is 17.1. The molecule has 6 unspecified atom stereocenters. The van der Waals surface area contributed by atoms with Gasteiger partial charge in [0.25, 0.3) is 0 Å². The summed E-state index contributed by atoms with van der Waals surface area (Å²) in [6, 6.07) is 14.6. The summed E-state index contributed by atoms with van der Waals surface area (Å²) in [5.74, 6) is -2.61. The van der Waals surface area contributed by atoms with Gasteiger partial charge >= 0.3 is 6.09 Å². The number of amides is 7. The van der Waals surface area contributed by atoms with E-state index < -0.39 is 54.0 Å². The minimum atomic E-state index is -0.964. The first-order chi connectivity index (χ1) is 30.5. The molecular formula is C47H71N7O10. The van der Waals surface area contributed by atoms with Crippen molar-refractivity contribution in [2.45, 2.75) is 117 Å². The van der Waals surface area contributed by atoms with E-state index in [1.54, 1.807) is 57.2 Å². The van der Waals surface area contributed by atoms with E-state index in [1.807, 2.05) is 58.0 Å². The van der Waals surface area contributed by atoms with Crippen LogP contribution in [-0.2, 0) is 56.0 Å². The minimum absolute atomic E-state index is 0.0136. The molecule has 0 saturated carbocycles. The Hall–Kier alpha value is -5.55. The van der Waals surface area contributed by atoms with Gasteiger partial charge in [0, 0.05) is 46.6 Å². The second kappa shape index (κ2) is 26.3. The Morgan fingerprint density at radius 2 is 1.53 bits per heavy atom. The highest BCUT2D eigenvalue weighted by Gasteiger charge is 2.42. The van der Waals surface area contributed by atoms with Crippen LogP contribution in [0.5, 0.6) is 0 Å². The van der Waals surface area contributed by atoms with Crippen molar-refractivity contribution in [1.29, 1.82) is 0 Å². The van der Waals surface area contributed by atoms with E-state index in [-0.39, 0.29) is 61.9 Å². The van der Waals surface area contributed by atoms with Crippen LogP contribution in [0.15, 0.2) is 54.6 Å². The zero-order valence-electron chi connectivity index (χ0n) is 39.3. The van der Waals surface area contributed by atoms with Gasteiger partial charge in [-0.3, -0.25) is 33.7 Å². The molecule has 7 amide bonds. The van der Waals surface area contributed by atoms with E-state index in [0.717, 1.165) is 12.0 Å². The Morgan fingerprint density at radius 3 is 2.12 bits per heavy atom. The van der Waals surface area contributed by atoms with Crippen LogP contribution in [-0.4, -0.2) is 141 Å². The third-order valence-corrected chi connectivity index (χ3v) is 12.0. The minimum Gasteiger partial charge on any atom is -0.445 e. The molecule has 0 aromatic heterocycles. The third-order valence-electron chi connectivity index (χ3n) is 12.0. The number of hydrogen-bond donors (Lipinski definition) is 4. The van der Waals surface area contributed by atoms with Crippen molar-refractivity contribution >= 4 is 47.7 Å². The zero-order chi connectivity index (χ0) is 47.5. The van der Waals surface area contributed by atoms with E-state index in [4.69, 9.17) is 14.2 Å². The Kier molecular flexibility index (Phi) is 21.7. The fourth-order valence-electron chi connectivity index (χ4n) is 8.42. The maximum absolute atomic E-state index is 14.2. The summed E-state index contributed by atoms with van der Waals surface area (Å²) in [5, 5.41) is 10.7. The van der Waals surface area contributed by atoms with Gasteiger partial charge in [-0.2, -0.15) is 0 Å². The standard InChI is InChI=1S/C47H71N7O10/c1-11-31(4)43(38(62-9)25-40(57)54-23-15-18-37(54)44(63-10)33(6)45(59)50-32(5)24-34-16-13-12-14-17-34)52(7)41(58)27-49-46(60)42(30(2)3)53(8)47(61)64-28-35-19-21-36(22-20-35)51-39(56)26-48-29-55/h12-14,16-17,19-22,29-33,37-38,42-44H,11,15,18,23-28H2,1-10H3,(H,48,55)(H,49,60)(H,50,59)(H,51,56)/t31?,32-,33-,37?,38?,42?,43?,44?/m1/s1. The Bertz CT molecular complexity index is 1830. The summed E-state index contributed by atoms with van der Waals surface area (Å²) in [6.07, 6.45) is 1.24. The Labute approximate surface area is 378 Å². The average molecular weight is 894 g/mol. The van der Waals surface area contributed by atoms with Crippen LogP contribution < -0.4 is 21.3 Å². The summed E-state index contributed by atoms with van der Waals surface area (Å²) in [5.41, 5.74) is 2.25. The predicted octanol–water partition coefficient (Wildman–Crippen LogP) is 3.75. The van der Waals surface area contributed by atoms with Gasteiger partial charge in [-0.1, -0.05) is 83.5 Å². The second-order valence-electron chi connectivity index (χ2n) is 17.1. The molecule has 1 aliphatic heterocycles. The summed E-state index contributed by atoms with van der Waals surface area (Å²) in [4.78, 5) is 95.0. The molecule has 0 spiro atoms. The number of ether oxygens (including phenoxy) is 3. The van der Waals surface area contributed by atoms with Crippen LogP contribution in [0.3, 0.4) is 0 Å². The monoisotopic (exact) mass is 894 g/mol. The van der Waals surface area contributed by atoms with E-state index in [9.17, 15) is 33.6 Å². The molecule has 1 heterocycles. The van der Waals surface area contributed by atoms with Crippen molar-refractivity contribution in [2.24, 2.45) is 17.8 Å². The normalized spacial score (nSPS) is 16.9. The number of carbonyl (C=O) groups is 7. The fraction of sp³-hybridized carbons (Fsp3) is 0.596. The maximum atomic E-state index is 14.2. The number of likely N-dealkylation sites (tertiary alicyclic amines) is 1. The average Bonchev–Trinajstić information content (AvgIpc) is 3.76. The molecule has 17 heteroatoms. The van der Waals surface area contributed by atoms with Crippen LogP contribution in [0.1, 0.15) is 78.4 Å². The molecule has 2 aromatic rings. The number of hydrogen-bond acceptors (Lipinski definition) is 10. The lowest BCUT2D eigenvalue weighted by Gasteiger charge is -2.39. The number of rotatable bonds is 25. The highest BCUT2D eigenvalue weighted by molar-refractivity contribution is 5.93. The molecule has 17 nitrogen and oxygen atoms in total. The van der Waals surface area contributed by atoms with Crippen molar-refractivity contribution in [1.82, 2.24) is 30.7 Å². The number of nitrogens with one attached hydrogen (secondary N) is 4. The van der Waals surface area contributed by atoms with Crippen LogP contribution in [0.4, 0.5) is 10.5 Å². The van der Waals surface area contributed by atoms with E-state index in [1.165, 1.54) is 24.0 Å². The molecule has 4 N–H and O–H groups in total. The number of anilines is 1. The van der Waals surface area contributed by atoms with Gasteiger partial charge < -0.3 is 45.3 Å². The lowest BCUT2D eigenvalue weighted by molar-refractivity contribution is -0.146. The number of nitrogens with zero attached hydrogens (tertiary/aromatic N) is 3. The molecule has 0 bridgehead atoms. The topological polar surface area (TPSA) is 205 Å². The van der Waals surface area contributed by atoms with Crippen molar-refractivity contribution in [3.63, 3.8) is 0 Å². The van der Waals surface area contributed by atoms with Crippen LogP contribution >= 0.6 is 0 Å². The van der Waals surface area contributed by atoms with Crippen LogP contribution in [0, 0.1) is 17.8 Å². The zero-order valence-corrected chi connectivity index (χ0v) is 39.3. The van der Waals surface area contributed by atoms with Gasteiger partial charge in [0.05, 0.1) is 49.7 Å². The van der Waals surface area contributed by atoms with Crippen LogP contribution in [0.25, 0.3) is 0 Å². The molecule has 3 rings (SSSR count). The number of methoxy groups -OCH3 is 2. The first-order valence-electron chi connectivity index (χ1n) is 22.2. The van der Waals surface area contributed by atoms with Gasteiger partial charge in [-0.25, -0.2) is 4.79 Å². The molecule has 0 radical (unpaired) electrons. The molecule has 64 heavy (non-hydrogen) atoms. The molecule has 1 saturated heterocycles. The molecule has 1 fully saturated rings. The number of likely N-dealkylation sites (N-methyl/N-ethyl adjacent to an activating group) is 2. The SMILES string of the molecule is CCC(C)C(C(CC(=O)N1CCCC1C(OC)[C@@H](C)C(=O)N[C@H](C)Cc1ccccc1)OC)N(C)C(=O)CNC(=O)C(C(C)C)N(C)C(=O)OCc1ccc(NC(=O)CNC=O)cc1. The smallest absolute Gasteiger partial charge is 0.410 e. The van der Waals surface area contributed by atoms with Crippen molar-refractivity contribution in [2.75, 3.05) is 53.3 Å². The lowest BCUT2D eigenvalue weighted by atomic mass is 9.90. The molecule has 1 aliphatic rings. The van der Waals surface area contributed by atoms with Gasteiger partial charge in [0.2, 0.25) is 35.9 Å². The Morgan fingerprint density at radius 1 is 0.859 bits per heavy atom. The highest BCUT2D eigenvalue weighted by atomic mass is 16.6. The highest BCUT2D eigenvalue weighted by Crippen LogP contribution is 2.29. The molecule has 2 aromatic carbocycles. The lowest BCUT2D eigenvalue weighted by Crippen LogP contribution is -2.56. The van der Waals surface area contributed by atoms with E-state index in [0.29, 0.717) is 43.5 Å². The van der Waals surface area contributed by atoms with Crippen molar-refractivity contribution in [3.05, 3.63) is 65.7 Å². The van der Waals surface area contributed by atoms with Crippen LogP contribution in [0.2, 0.25) is 0 Å². The maximum Gasteiger partial charge on any atom is 0.410 e. The summed E-state index contributed by atoms with van der Waals surface area (Å²) in [6.45, 7) is 11.2. The van der Waals surface area contributed by atoms with Gasteiger partial charge in [-0.15, -0.1) is 0 Å².